The van der Waals surface area contributed by atoms with E-state index in [0.29, 0.717) is 5.75 Å². The lowest BCUT2D eigenvalue weighted by Gasteiger charge is -2.25. The minimum atomic E-state index is -1.02. The molecule has 0 aliphatic heterocycles. The van der Waals surface area contributed by atoms with Gasteiger partial charge in [0.15, 0.2) is 6.61 Å². The Morgan fingerprint density at radius 1 is 1.08 bits per heavy atom. The van der Waals surface area contributed by atoms with E-state index in [9.17, 15) is 9.59 Å². The van der Waals surface area contributed by atoms with E-state index in [1.54, 1.807) is 36.2 Å². The van der Waals surface area contributed by atoms with Crippen molar-refractivity contribution in [1.82, 2.24) is 0 Å². The molecule has 0 radical (unpaired) electrons. The summed E-state index contributed by atoms with van der Waals surface area (Å²) in [4.78, 5) is 25.4. The molecule has 0 heterocycles. The Kier molecular flexibility index (Phi) is 4.72. The van der Waals surface area contributed by atoms with E-state index >= 15 is 0 Å². The molecule has 26 heavy (non-hydrogen) atoms. The standard InChI is InChI=1S/C21H23NO4/c1-14-10-15(2)12-16(11-14)21(8-9-21)20(25)22(3)17-4-6-18(7-5-17)26-13-19(23)24/h4-7,10-12H,8-9,13H2,1-3H3,(H,23,24). The summed E-state index contributed by atoms with van der Waals surface area (Å²) in [5.41, 5.74) is 3.76. The maximum atomic E-state index is 13.2. The van der Waals surface area contributed by atoms with Gasteiger partial charge in [0.05, 0.1) is 5.41 Å². The summed E-state index contributed by atoms with van der Waals surface area (Å²) in [5.74, 6) is -0.473. The van der Waals surface area contributed by atoms with Crippen LogP contribution in [0.25, 0.3) is 0 Å². The molecule has 1 N–H and O–H groups in total. The molecule has 5 nitrogen and oxygen atoms in total. The Balaban J connectivity index is 1.78. The highest BCUT2D eigenvalue weighted by Crippen LogP contribution is 2.50. The van der Waals surface area contributed by atoms with Crippen molar-refractivity contribution in [1.29, 1.82) is 0 Å². The zero-order valence-corrected chi connectivity index (χ0v) is 15.3. The monoisotopic (exact) mass is 353 g/mol. The van der Waals surface area contributed by atoms with Gasteiger partial charge in [-0.25, -0.2) is 4.79 Å². The number of hydrogen-bond acceptors (Lipinski definition) is 3. The van der Waals surface area contributed by atoms with E-state index in [0.717, 1.165) is 24.1 Å². The van der Waals surface area contributed by atoms with E-state index in [-0.39, 0.29) is 12.5 Å². The van der Waals surface area contributed by atoms with Crippen molar-refractivity contribution in [3.05, 3.63) is 59.2 Å². The lowest BCUT2D eigenvalue weighted by Crippen LogP contribution is -2.36. The maximum Gasteiger partial charge on any atom is 0.341 e. The number of likely N-dealkylation sites (N-methyl/N-ethyl adjacent to an activating group) is 1. The molecule has 5 heteroatoms. The van der Waals surface area contributed by atoms with Crippen molar-refractivity contribution in [2.75, 3.05) is 18.6 Å². The van der Waals surface area contributed by atoms with Gasteiger partial charge >= 0.3 is 5.97 Å². The molecule has 2 aromatic rings. The summed E-state index contributed by atoms with van der Waals surface area (Å²) >= 11 is 0. The van der Waals surface area contributed by atoms with Crippen molar-refractivity contribution >= 4 is 17.6 Å². The van der Waals surface area contributed by atoms with Gasteiger partial charge in [-0.05, 0) is 56.5 Å². The molecule has 0 saturated heterocycles. The number of carboxylic acids is 1. The van der Waals surface area contributed by atoms with Crippen LogP contribution in [0.15, 0.2) is 42.5 Å². The van der Waals surface area contributed by atoms with Crippen molar-refractivity contribution in [3.8, 4) is 5.75 Å². The number of anilines is 1. The number of aryl methyl sites for hydroxylation is 2. The van der Waals surface area contributed by atoms with Crippen LogP contribution in [0.1, 0.15) is 29.5 Å². The minimum Gasteiger partial charge on any atom is -0.482 e. The van der Waals surface area contributed by atoms with Crippen LogP contribution in [-0.4, -0.2) is 30.6 Å². The second kappa shape index (κ2) is 6.83. The average molecular weight is 353 g/mol. The third kappa shape index (κ3) is 3.57. The SMILES string of the molecule is Cc1cc(C)cc(C2(C(=O)N(C)c3ccc(OCC(=O)O)cc3)CC2)c1. The highest BCUT2D eigenvalue weighted by atomic mass is 16.5. The second-order valence-electron chi connectivity index (χ2n) is 7.00. The molecule has 0 atom stereocenters. The number of benzene rings is 2. The number of nitrogens with zero attached hydrogens (tertiary/aromatic N) is 1. The van der Waals surface area contributed by atoms with Gasteiger partial charge < -0.3 is 14.7 Å². The van der Waals surface area contributed by atoms with Gasteiger partial charge in [0, 0.05) is 12.7 Å². The van der Waals surface area contributed by atoms with Crippen LogP contribution in [0.2, 0.25) is 0 Å². The normalized spacial score (nSPS) is 14.6. The van der Waals surface area contributed by atoms with E-state index in [1.807, 2.05) is 0 Å². The molecule has 0 unspecified atom stereocenters. The van der Waals surface area contributed by atoms with E-state index in [4.69, 9.17) is 9.84 Å². The predicted octanol–water partition coefficient (Wildman–Crippen LogP) is 3.46. The summed E-state index contributed by atoms with van der Waals surface area (Å²) < 4.78 is 5.13. The zero-order chi connectivity index (χ0) is 18.9. The van der Waals surface area contributed by atoms with Gasteiger partial charge in [-0.3, -0.25) is 4.79 Å². The first-order chi connectivity index (χ1) is 12.3. The van der Waals surface area contributed by atoms with Crippen molar-refractivity contribution in [2.24, 2.45) is 0 Å². The molecule has 1 saturated carbocycles. The Bertz CT molecular complexity index is 817. The molecule has 0 aromatic heterocycles. The van der Waals surface area contributed by atoms with E-state index in [2.05, 4.69) is 32.0 Å². The van der Waals surface area contributed by atoms with Crippen LogP contribution >= 0.6 is 0 Å². The molecule has 2 aromatic carbocycles. The Morgan fingerprint density at radius 2 is 1.65 bits per heavy atom. The molecule has 0 spiro atoms. The van der Waals surface area contributed by atoms with Crippen LogP contribution in [0.4, 0.5) is 5.69 Å². The number of carbonyl (C=O) groups excluding carboxylic acids is 1. The smallest absolute Gasteiger partial charge is 0.341 e. The third-order valence-electron chi connectivity index (χ3n) is 4.82. The number of amides is 1. The molecular weight excluding hydrogens is 330 g/mol. The fourth-order valence-corrected chi connectivity index (χ4v) is 3.35. The summed E-state index contributed by atoms with van der Waals surface area (Å²) in [6.45, 7) is 3.72. The van der Waals surface area contributed by atoms with Gasteiger partial charge in [0.25, 0.3) is 0 Å². The highest BCUT2D eigenvalue weighted by Gasteiger charge is 2.52. The number of aliphatic carboxylic acids is 1. The second-order valence-corrected chi connectivity index (χ2v) is 7.00. The van der Waals surface area contributed by atoms with Crippen molar-refractivity contribution < 1.29 is 19.4 Å². The first kappa shape index (κ1) is 18.0. The molecule has 136 valence electrons. The van der Waals surface area contributed by atoms with Crippen LogP contribution in [0, 0.1) is 13.8 Å². The number of rotatable bonds is 6. The topological polar surface area (TPSA) is 66.8 Å². The van der Waals surface area contributed by atoms with Crippen LogP contribution in [0.3, 0.4) is 0 Å². The Hall–Kier alpha value is -2.82. The van der Waals surface area contributed by atoms with Crippen molar-refractivity contribution in [3.63, 3.8) is 0 Å². The number of carboxylic acid groups (broad SMARTS) is 1. The lowest BCUT2D eigenvalue weighted by molar-refractivity contribution is -0.139. The summed E-state index contributed by atoms with van der Waals surface area (Å²) in [6, 6.07) is 13.2. The fraction of sp³-hybridized carbons (Fsp3) is 0.333. The Labute approximate surface area is 153 Å². The third-order valence-corrected chi connectivity index (χ3v) is 4.82. The predicted molar refractivity (Wildman–Crippen MR) is 99.8 cm³/mol. The quantitative estimate of drug-likeness (QED) is 0.864. The first-order valence-electron chi connectivity index (χ1n) is 8.63. The molecule has 0 bridgehead atoms. The molecule has 3 rings (SSSR count). The van der Waals surface area contributed by atoms with Gasteiger partial charge in [0.1, 0.15) is 5.75 Å². The molecule has 1 amide bonds. The number of ether oxygens (including phenoxy) is 1. The minimum absolute atomic E-state index is 0.0849. The largest absolute Gasteiger partial charge is 0.482 e. The number of hydrogen-bond donors (Lipinski definition) is 1. The Morgan fingerprint density at radius 3 is 2.15 bits per heavy atom. The van der Waals surface area contributed by atoms with Gasteiger partial charge in [-0.1, -0.05) is 29.3 Å². The lowest BCUT2D eigenvalue weighted by atomic mass is 9.91. The number of carbonyl (C=O) groups is 2. The summed E-state index contributed by atoms with van der Waals surface area (Å²) in [5, 5.41) is 8.66. The van der Waals surface area contributed by atoms with Gasteiger partial charge in [-0.15, -0.1) is 0 Å². The summed E-state index contributed by atoms with van der Waals surface area (Å²) in [7, 11) is 1.78. The zero-order valence-electron chi connectivity index (χ0n) is 15.3. The fourth-order valence-electron chi connectivity index (χ4n) is 3.35. The van der Waals surface area contributed by atoms with E-state index < -0.39 is 11.4 Å². The van der Waals surface area contributed by atoms with Gasteiger partial charge in [0.2, 0.25) is 5.91 Å². The van der Waals surface area contributed by atoms with Crippen molar-refractivity contribution in [2.45, 2.75) is 32.1 Å². The molecule has 1 aliphatic carbocycles. The summed E-state index contributed by atoms with van der Waals surface area (Å²) in [6.07, 6.45) is 1.72. The van der Waals surface area contributed by atoms with Crippen LogP contribution in [-0.2, 0) is 15.0 Å². The average Bonchev–Trinajstić information content (AvgIpc) is 3.40. The molecule has 1 fully saturated rings. The van der Waals surface area contributed by atoms with E-state index in [1.165, 1.54) is 11.1 Å². The highest BCUT2D eigenvalue weighted by molar-refractivity contribution is 6.03. The molecular formula is C21H23NO4. The maximum absolute atomic E-state index is 13.2. The first-order valence-corrected chi connectivity index (χ1v) is 8.63. The van der Waals surface area contributed by atoms with Crippen LogP contribution < -0.4 is 9.64 Å². The van der Waals surface area contributed by atoms with Crippen LogP contribution in [0.5, 0.6) is 5.75 Å². The van der Waals surface area contributed by atoms with Gasteiger partial charge in [-0.2, -0.15) is 0 Å². The molecule has 1 aliphatic rings.